The molecular formula is C24H21F5N6O2. The number of benzene rings is 2. The Bertz CT molecular complexity index is 1390. The molecular weight excluding hydrogens is 499 g/mol. The highest BCUT2D eigenvalue weighted by molar-refractivity contribution is 6.07. The van der Waals surface area contributed by atoms with Gasteiger partial charge in [-0.05, 0) is 42.8 Å². The van der Waals surface area contributed by atoms with Gasteiger partial charge in [-0.1, -0.05) is 0 Å². The number of carbonyl (C=O) groups excluding carboxylic acids is 2. The Labute approximate surface area is 208 Å². The van der Waals surface area contributed by atoms with Gasteiger partial charge in [-0.25, -0.2) is 23.4 Å². The van der Waals surface area contributed by atoms with E-state index in [4.69, 9.17) is 0 Å². The van der Waals surface area contributed by atoms with Gasteiger partial charge in [0.25, 0.3) is 0 Å². The van der Waals surface area contributed by atoms with Gasteiger partial charge in [-0.15, -0.1) is 0 Å². The largest absolute Gasteiger partial charge is 0.416 e. The highest BCUT2D eigenvalue weighted by Crippen LogP contribution is 2.36. The van der Waals surface area contributed by atoms with Gasteiger partial charge in [0.15, 0.2) is 0 Å². The molecule has 1 aliphatic rings. The van der Waals surface area contributed by atoms with Crippen LogP contribution in [0.25, 0.3) is 0 Å². The number of hydrogen-bond acceptors (Lipinski definition) is 4. The van der Waals surface area contributed by atoms with E-state index in [2.05, 4.69) is 15.6 Å². The highest BCUT2D eigenvalue weighted by Gasteiger charge is 2.32. The molecule has 4 amide bonds. The van der Waals surface area contributed by atoms with Crippen molar-refractivity contribution in [1.82, 2.24) is 4.98 Å². The van der Waals surface area contributed by atoms with Gasteiger partial charge in [0.05, 0.1) is 34.9 Å². The van der Waals surface area contributed by atoms with Crippen LogP contribution in [0.4, 0.5) is 60.1 Å². The van der Waals surface area contributed by atoms with Crippen LogP contribution in [0.15, 0.2) is 42.6 Å². The molecule has 0 spiro atoms. The van der Waals surface area contributed by atoms with Gasteiger partial charge in [0.1, 0.15) is 17.5 Å². The smallest absolute Gasteiger partial charge is 0.373 e. The molecule has 0 radical (unpaired) electrons. The highest BCUT2D eigenvalue weighted by atomic mass is 19.4. The zero-order valence-electron chi connectivity index (χ0n) is 19.8. The first-order valence-electron chi connectivity index (χ1n) is 10.9. The molecule has 3 aromatic rings. The Morgan fingerprint density at radius 2 is 1.68 bits per heavy atom. The fourth-order valence-electron chi connectivity index (χ4n) is 3.88. The second-order valence-electron chi connectivity index (χ2n) is 8.27. The molecule has 3 N–H and O–H groups in total. The van der Waals surface area contributed by atoms with E-state index >= 15 is 0 Å². The van der Waals surface area contributed by atoms with E-state index in [1.54, 1.807) is 33.3 Å². The zero-order chi connectivity index (χ0) is 27.1. The third-order valence-corrected chi connectivity index (χ3v) is 5.79. The number of carbonyl (C=O) groups is 2. The Balaban J connectivity index is 1.60. The van der Waals surface area contributed by atoms with Gasteiger partial charge >= 0.3 is 18.2 Å². The number of alkyl halides is 3. The lowest BCUT2D eigenvalue weighted by atomic mass is 10.1. The topological polar surface area (TPSA) is 89.6 Å². The van der Waals surface area contributed by atoms with Crippen molar-refractivity contribution in [2.45, 2.75) is 19.6 Å². The summed E-state index contributed by atoms with van der Waals surface area (Å²) in [5, 5.41) is 7.02. The number of nitrogens with one attached hydrogen (secondary N) is 3. The lowest BCUT2D eigenvalue weighted by Crippen LogP contribution is -2.45. The molecule has 1 aromatic heterocycles. The quantitative estimate of drug-likeness (QED) is 0.371. The minimum Gasteiger partial charge on any atom is -0.373 e. The summed E-state index contributed by atoms with van der Waals surface area (Å²) in [6, 6.07) is 3.96. The molecule has 4 rings (SSSR count). The summed E-state index contributed by atoms with van der Waals surface area (Å²) in [7, 11) is 3.27. The molecule has 2 aromatic carbocycles. The van der Waals surface area contributed by atoms with Gasteiger partial charge in [0, 0.05) is 31.9 Å². The van der Waals surface area contributed by atoms with Gasteiger partial charge in [-0.2, -0.15) is 13.2 Å². The average Bonchev–Trinajstić information content (AvgIpc) is 2.83. The minimum atomic E-state index is -4.75. The summed E-state index contributed by atoms with van der Waals surface area (Å²) < 4.78 is 67.5. The number of amides is 4. The Hall–Kier alpha value is -4.42. The number of fused-ring (bicyclic) bond motifs is 1. The van der Waals surface area contributed by atoms with Crippen LogP contribution in [0.2, 0.25) is 0 Å². The van der Waals surface area contributed by atoms with E-state index < -0.39 is 41.1 Å². The lowest BCUT2D eigenvalue weighted by Gasteiger charge is -2.36. The second kappa shape index (κ2) is 9.56. The Kier molecular flexibility index (Phi) is 6.63. The molecule has 2 heterocycles. The number of rotatable bonds is 4. The van der Waals surface area contributed by atoms with Crippen LogP contribution < -0.4 is 25.8 Å². The molecule has 1 aliphatic heterocycles. The van der Waals surface area contributed by atoms with Crippen LogP contribution in [0.3, 0.4) is 0 Å². The zero-order valence-corrected chi connectivity index (χ0v) is 19.8. The van der Waals surface area contributed by atoms with Gasteiger partial charge in [0.2, 0.25) is 0 Å². The van der Waals surface area contributed by atoms with Crippen LogP contribution >= 0.6 is 0 Å². The van der Waals surface area contributed by atoms with Crippen LogP contribution in [-0.2, 0) is 12.7 Å². The van der Waals surface area contributed by atoms with E-state index in [-0.39, 0.29) is 17.9 Å². The van der Waals surface area contributed by atoms with Crippen LogP contribution in [0.5, 0.6) is 0 Å². The number of urea groups is 2. The van der Waals surface area contributed by atoms with Crippen LogP contribution in [0, 0.1) is 18.6 Å². The third-order valence-electron chi connectivity index (χ3n) is 5.79. The SMILES string of the molecule is CNc1cc2c(cn1)CN(c1cc(NC(=O)Nc3cc(C(F)(F)F)ccc3F)c(F)cc1C)C(=O)N2C. The maximum atomic E-state index is 14.7. The lowest BCUT2D eigenvalue weighted by molar-refractivity contribution is -0.137. The fourth-order valence-corrected chi connectivity index (χ4v) is 3.88. The summed E-state index contributed by atoms with van der Waals surface area (Å²) in [6.45, 7) is 1.69. The van der Waals surface area contributed by atoms with E-state index in [9.17, 15) is 31.5 Å². The maximum Gasteiger partial charge on any atom is 0.416 e. The summed E-state index contributed by atoms with van der Waals surface area (Å²) in [5.41, 5.74) is -0.247. The number of aromatic nitrogens is 1. The number of anilines is 5. The molecule has 37 heavy (non-hydrogen) atoms. The van der Waals surface area contributed by atoms with E-state index in [0.29, 0.717) is 35.3 Å². The molecule has 13 heteroatoms. The molecule has 0 fully saturated rings. The van der Waals surface area contributed by atoms with Gasteiger partial charge in [-0.3, -0.25) is 9.80 Å². The van der Waals surface area contributed by atoms with Crippen molar-refractivity contribution in [3.05, 3.63) is 70.9 Å². The van der Waals surface area contributed by atoms with E-state index in [0.717, 1.165) is 11.6 Å². The maximum absolute atomic E-state index is 14.7. The van der Waals surface area contributed by atoms with Crippen molar-refractivity contribution in [2.24, 2.45) is 0 Å². The third kappa shape index (κ3) is 5.10. The fraction of sp³-hybridized carbons (Fsp3) is 0.208. The molecule has 8 nitrogen and oxygen atoms in total. The van der Waals surface area contributed by atoms with E-state index in [1.165, 1.54) is 15.9 Å². The summed E-state index contributed by atoms with van der Waals surface area (Å²) >= 11 is 0. The molecule has 0 saturated heterocycles. The first kappa shape index (κ1) is 25.7. The number of hydrogen-bond donors (Lipinski definition) is 3. The second-order valence-corrected chi connectivity index (χ2v) is 8.27. The number of nitrogens with zero attached hydrogens (tertiary/aromatic N) is 3. The first-order valence-corrected chi connectivity index (χ1v) is 10.9. The molecule has 0 atom stereocenters. The van der Waals surface area contributed by atoms with Crippen molar-refractivity contribution in [2.75, 3.05) is 39.8 Å². The monoisotopic (exact) mass is 520 g/mol. The summed E-state index contributed by atoms with van der Waals surface area (Å²) in [5.74, 6) is -1.40. The summed E-state index contributed by atoms with van der Waals surface area (Å²) in [6.07, 6.45) is -3.15. The molecule has 0 bridgehead atoms. The van der Waals surface area contributed by atoms with E-state index in [1.807, 2.05) is 5.32 Å². The van der Waals surface area contributed by atoms with Crippen molar-refractivity contribution < 1.29 is 31.5 Å². The standard InChI is InChI=1S/C24H21F5N6O2/c1-12-6-16(26)18(33-22(36)32-17-7-14(24(27,28)29)4-5-15(17)25)8-19(12)35-11-13-10-31-21(30-2)9-20(13)34(3)23(35)37/h4-10H,11H2,1-3H3,(H,30,31)(H2,32,33,36). The van der Waals surface area contributed by atoms with Crippen molar-refractivity contribution >= 4 is 40.6 Å². The Morgan fingerprint density at radius 1 is 1.00 bits per heavy atom. The predicted molar refractivity (Wildman–Crippen MR) is 129 cm³/mol. The normalized spacial score (nSPS) is 13.4. The molecule has 0 aliphatic carbocycles. The van der Waals surface area contributed by atoms with Gasteiger partial charge < -0.3 is 16.0 Å². The van der Waals surface area contributed by atoms with Crippen LogP contribution in [0.1, 0.15) is 16.7 Å². The Morgan fingerprint density at radius 3 is 2.32 bits per heavy atom. The predicted octanol–water partition coefficient (Wildman–Crippen LogP) is 5.95. The molecule has 194 valence electrons. The van der Waals surface area contributed by atoms with Crippen LogP contribution in [-0.4, -0.2) is 31.1 Å². The summed E-state index contributed by atoms with van der Waals surface area (Å²) in [4.78, 5) is 32.6. The molecule has 0 unspecified atom stereocenters. The number of pyridine rings is 1. The number of aryl methyl sites for hydroxylation is 1. The number of halogens is 5. The molecule has 0 saturated carbocycles. The average molecular weight is 520 g/mol. The van der Waals surface area contributed by atoms with Crippen molar-refractivity contribution in [1.29, 1.82) is 0 Å². The van der Waals surface area contributed by atoms with Crippen molar-refractivity contribution in [3.8, 4) is 0 Å². The first-order chi connectivity index (χ1) is 17.4. The van der Waals surface area contributed by atoms with Crippen molar-refractivity contribution in [3.63, 3.8) is 0 Å². The minimum absolute atomic E-state index is 0.114.